The van der Waals surface area contributed by atoms with Crippen LogP contribution in [0.25, 0.3) is 0 Å². The predicted molar refractivity (Wildman–Crippen MR) is 90.2 cm³/mol. The SMILES string of the molecule is NC(=O)N(N)CCCCCCCCCCCC(N)N(N)C(N)=O. The number of hydrogen-bond acceptors (Lipinski definition) is 5. The highest BCUT2D eigenvalue weighted by molar-refractivity contribution is 5.71. The molecular formula is C14H33N7O2. The maximum Gasteiger partial charge on any atom is 0.330 e. The molecule has 0 bridgehead atoms. The van der Waals surface area contributed by atoms with Crippen LogP contribution in [-0.2, 0) is 0 Å². The van der Waals surface area contributed by atoms with E-state index in [1.54, 1.807) is 0 Å². The molecule has 136 valence electrons. The van der Waals surface area contributed by atoms with Gasteiger partial charge in [-0.05, 0) is 12.8 Å². The molecule has 0 radical (unpaired) electrons. The summed E-state index contributed by atoms with van der Waals surface area (Å²) in [5, 5.41) is 1.92. The maximum atomic E-state index is 10.8. The van der Waals surface area contributed by atoms with E-state index >= 15 is 0 Å². The molecule has 0 fully saturated rings. The summed E-state index contributed by atoms with van der Waals surface area (Å²) >= 11 is 0. The molecular weight excluding hydrogens is 298 g/mol. The highest BCUT2D eigenvalue weighted by Crippen LogP contribution is 2.11. The topological polar surface area (TPSA) is 171 Å². The number of primary amides is 2. The third-order valence-electron chi connectivity index (χ3n) is 3.79. The molecule has 1 atom stereocenters. The first-order valence-corrected chi connectivity index (χ1v) is 8.27. The molecule has 0 aromatic rings. The van der Waals surface area contributed by atoms with Gasteiger partial charge in [-0.3, -0.25) is 5.01 Å². The highest BCUT2D eigenvalue weighted by atomic mass is 16.2. The Hall–Kier alpha value is -1.58. The Labute approximate surface area is 138 Å². The maximum absolute atomic E-state index is 10.8. The summed E-state index contributed by atoms with van der Waals surface area (Å²) < 4.78 is 0. The Kier molecular flexibility index (Phi) is 12.0. The molecule has 0 spiro atoms. The summed E-state index contributed by atoms with van der Waals surface area (Å²) in [6, 6.07) is -1.29. The molecule has 0 saturated carbocycles. The number of carbonyl (C=O) groups excluding carboxylic acids is 2. The second-order valence-corrected chi connectivity index (χ2v) is 5.82. The number of amides is 4. The molecule has 4 amide bonds. The van der Waals surface area contributed by atoms with E-state index in [4.69, 9.17) is 28.9 Å². The van der Waals surface area contributed by atoms with Crippen molar-refractivity contribution in [3.8, 4) is 0 Å². The lowest BCUT2D eigenvalue weighted by molar-refractivity contribution is 0.181. The van der Waals surface area contributed by atoms with Crippen LogP contribution in [-0.4, -0.2) is 34.8 Å². The standard InChI is InChI=1S/C14H33N7O2/c15-12(21(19)14(17)23)10-8-6-4-2-1-3-5-7-9-11-20(18)13(16)22/h12H,1-11,15,18-19H2,(H2,16,22)(H2,17,23). The first-order valence-electron chi connectivity index (χ1n) is 8.27. The molecule has 0 aromatic carbocycles. The summed E-state index contributed by atoms with van der Waals surface area (Å²) in [4.78, 5) is 21.5. The van der Waals surface area contributed by atoms with Crippen LogP contribution in [0.15, 0.2) is 0 Å². The third-order valence-corrected chi connectivity index (χ3v) is 3.79. The van der Waals surface area contributed by atoms with Gasteiger partial charge in [-0.1, -0.05) is 51.4 Å². The smallest absolute Gasteiger partial charge is 0.330 e. The lowest BCUT2D eigenvalue weighted by atomic mass is 10.1. The molecule has 0 heterocycles. The van der Waals surface area contributed by atoms with Crippen molar-refractivity contribution in [2.75, 3.05) is 6.54 Å². The Morgan fingerprint density at radius 1 is 0.739 bits per heavy atom. The quantitative estimate of drug-likeness (QED) is 0.110. The molecule has 0 aliphatic heterocycles. The normalized spacial score (nSPS) is 12.0. The molecule has 9 heteroatoms. The number of unbranched alkanes of at least 4 members (excludes halogenated alkanes) is 8. The van der Waals surface area contributed by atoms with Gasteiger partial charge >= 0.3 is 12.1 Å². The van der Waals surface area contributed by atoms with Crippen molar-refractivity contribution in [3.63, 3.8) is 0 Å². The van der Waals surface area contributed by atoms with E-state index in [0.29, 0.717) is 13.0 Å². The summed E-state index contributed by atoms with van der Waals surface area (Å²) in [5.41, 5.74) is 15.8. The summed E-state index contributed by atoms with van der Waals surface area (Å²) in [6.45, 7) is 0.513. The zero-order chi connectivity index (χ0) is 17.7. The summed E-state index contributed by atoms with van der Waals surface area (Å²) in [6.07, 6.45) is 9.93. The number of hydrazine groups is 2. The van der Waals surface area contributed by atoms with Crippen molar-refractivity contribution in [1.29, 1.82) is 0 Å². The van der Waals surface area contributed by atoms with Gasteiger partial charge in [0.2, 0.25) is 0 Å². The minimum atomic E-state index is -0.703. The van der Waals surface area contributed by atoms with Crippen molar-refractivity contribution in [2.24, 2.45) is 28.9 Å². The number of urea groups is 2. The number of rotatable bonds is 13. The van der Waals surface area contributed by atoms with E-state index in [2.05, 4.69) is 0 Å². The molecule has 0 saturated heterocycles. The number of nitrogens with two attached hydrogens (primary N) is 5. The monoisotopic (exact) mass is 331 g/mol. The average Bonchev–Trinajstić information content (AvgIpc) is 2.50. The Morgan fingerprint density at radius 3 is 1.61 bits per heavy atom. The molecule has 0 rings (SSSR count). The molecule has 23 heavy (non-hydrogen) atoms. The largest absolute Gasteiger partial charge is 0.350 e. The zero-order valence-corrected chi connectivity index (χ0v) is 14.0. The van der Waals surface area contributed by atoms with Gasteiger partial charge in [-0.15, -0.1) is 0 Å². The Bertz CT molecular complexity index is 341. The second-order valence-electron chi connectivity index (χ2n) is 5.82. The van der Waals surface area contributed by atoms with Crippen LogP contribution in [0.1, 0.15) is 64.2 Å². The highest BCUT2D eigenvalue weighted by Gasteiger charge is 2.12. The third kappa shape index (κ3) is 11.6. The van der Waals surface area contributed by atoms with Crippen LogP contribution in [0.2, 0.25) is 0 Å². The fourth-order valence-electron chi connectivity index (χ4n) is 2.29. The Morgan fingerprint density at radius 2 is 1.17 bits per heavy atom. The number of nitrogens with zero attached hydrogens (tertiary/aromatic N) is 2. The van der Waals surface area contributed by atoms with Gasteiger partial charge in [0, 0.05) is 6.54 Å². The van der Waals surface area contributed by atoms with Crippen LogP contribution in [0.5, 0.6) is 0 Å². The van der Waals surface area contributed by atoms with Crippen molar-refractivity contribution in [3.05, 3.63) is 0 Å². The van der Waals surface area contributed by atoms with E-state index in [0.717, 1.165) is 48.5 Å². The summed E-state index contributed by atoms with van der Waals surface area (Å²) in [7, 11) is 0. The lowest BCUT2D eigenvalue weighted by Crippen LogP contribution is -2.52. The molecule has 0 aliphatic rings. The molecule has 0 aliphatic carbocycles. The summed E-state index contributed by atoms with van der Waals surface area (Å²) in [5.74, 6) is 10.8. The predicted octanol–water partition coefficient (Wildman–Crippen LogP) is 0.681. The average molecular weight is 331 g/mol. The number of carbonyl (C=O) groups is 2. The van der Waals surface area contributed by atoms with Gasteiger partial charge in [-0.25, -0.2) is 26.3 Å². The molecule has 1 unspecified atom stereocenters. The lowest BCUT2D eigenvalue weighted by Gasteiger charge is -2.21. The van der Waals surface area contributed by atoms with Crippen molar-refractivity contribution in [1.82, 2.24) is 10.0 Å². The zero-order valence-electron chi connectivity index (χ0n) is 14.0. The fraction of sp³-hybridized carbons (Fsp3) is 0.857. The van der Waals surface area contributed by atoms with Gasteiger partial charge < -0.3 is 17.2 Å². The second kappa shape index (κ2) is 12.9. The minimum absolute atomic E-state index is 0.505. The van der Waals surface area contributed by atoms with Gasteiger partial charge in [0.15, 0.2) is 0 Å². The Balaban J connectivity index is 3.31. The van der Waals surface area contributed by atoms with E-state index in [1.807, 2.05) is 0 Å². The van der Waals surface area contributed by atoms with E-state index in [-0.39, 0.29) is 0 Å². The van der Waals surface area contributed by atoms with Crippen molar-refractivity contribution in [2.45, 2.75) is 70.4 Å². The van der Waals surface area contributed by atoms with Gasteiger partial charge in [0.05, 0.1) is 6.17 Å². The molecule has 0 aromatic heterocycles. The van der Waals surface area contributed by atoms with Crippen molar-refractivity contribution < 1.29 is 9.59 Å². The molecule has 10 N–H and O–H groups in total. The van der Waals surface area contributed by atoms with Crippen molar-refractivity contribution >= 4 is 12.1 Å². The minimum Gasteiger partial charge on any atom is -0.350 e. The van der Waals surface area contributed by atoms with Crippen LogP contribution < -0.4 is 28.9 Å². The fourth-order valence-corrected chi connectivity index (χ4v) is 2.29. The van der Waals surface area contributed by atoms with Gasteiger partial charge in [0.1, 0.15) is 0 Å². The van der Waals surface area contributed by atoms with Gasteiger partial charge in [-0.2, -0.15) is 0 Å². The van der Waals surface area contributed by atoms with Crippen LogP contribution in [0, 0.1) is 0 Å². The number of hydrogen-bond donors (Lipinski definition) is 5. The molecule has 9 nitrogen and oxygen atoms in total. The van der Waals surface area contributed by atoms with E-state index < -0.39 is 18.2 Å². The van der Waals surface area contributed by atoms with Crippen LogP contribution in [0.3, 0.4) is 0 Å². The van der Waals surface area contributed by atoms with E-state index in [9.17, 15) is 9.59 Å². The van der Waals surface area contributed by atoms with Crippen LogP contribution >= 0.6 is 0 Å². The first kappa shape index (κ1) is 21.4. The first-order chi connectivity index (χ1) is 10.9. The van der Waals surface area contributed by atoms with Crippen LogP contribution in [0.4, 0.5) is 9.59 Å². The van der Waals surface area contributed by atoms with E-state index in [1.165, 1.54) is 19.3 Å². The van der Waals surface area contributed by atoms with Gasteiger partial charge in [0.25, 0.3) is 0 Å².